The van der Waals surface area contributed by atoms with Gasteiger partial charge < -0.3 is 25.6 Å². The first-order valence-corrected chi connectivity index (χ1v) is 14.5. The molecule has 0 fully saturated rings. The van der Waals surface area contributed by atoms with Gasteiger partial charge in [-0.05, 0) is 74.6 Å². The van der Waals surface area contributed by atoms with E-state index in [1.54, 1.807) is 12.1 Å². The van der Waals surface area contributed by atoms with Crippen LogP contribution in [0, 0.1) is 5.82 Å². The highest BCUT2D eigenvalue weighted by molar-refractivity contribution is 5.94. The molecule has 0 heterocycles. The van der Waals surface area contributed by atoms with Crippen LogP contribution in [-0.4, -0.2) is 49.2 Å². The van der Waals surface area contributed by atoms with Crippen molar-refractivity contribution in [3.05, 3.63) is 77.1 Å². The number of anilines is 1. The van der Waals surface area contributed by atoms with Crippen molar-refractivity contribution in [1.82, 2.24) is 16.0 Å². The van der Waals surface area contributed by atoms with E-state index < -0.39 is 6.10 Å². The van der Waals surface area contributed by atoms with Crippen LogP contribution in [0.25, 0.3) is 0 Å². The van der Waals surface area contributed by atoms with Gasteiger partial charge in [0, 0.05) is 50.4 Å². The van der Waals surface area contributed by atoms with Gasteiger partial charge in [0.1, 0.15) is 5.82 Å². The number of hydrogen-bond donors (Lipinski definition) is 3. The highest BCUT2D eigenvalue weighted by Crippen LogP contribution is 2.25. The number of halogens is 1. The monoisotopic (exact) mass is 552 g/mol. The molecule has 2 amide bonds. The molecule has 0 saturated carbocycles. The number of carbonyl (C=O) groups excluding carboxylic acids is 2. The van der Waals surface area contributed by atoms with Crippen molar-refractivity contribution in [3.63, 3.8) is 0 Å². The van der Waals surface area contributed by atoms with Gasteiger partial charge in [0.2, 0.25) is 11.8 Å². The highest BCUT2D eigenvalue weighted by atomic mass is 19.1. The van der Waals surface area contributed by atoms with Gasteiger partial charge in [0.05, 0.1) is 18.2 Å². The van der Waals surface area contributed by atoms with Crippen LogP contribution in [-0.2, 0) is 27.4 Å². The zero-order valence-electron chi connectivity index (χ0n) is 24.5. The Morgan fingerprint density at radius 3 is 2.12 bits per heavy atom. The maximum absolute atomic E-state index is 13.3. The minimum absolute atomic E-state index is 0.00686. The van der Waals surface area contributed by atoms with E-state index in [0.717, 1.165) is 37.1 Å². The Hall–Kier alpha value is -3.23. The Bertz CT molecular complexity index is 1110. The van der Waals surface area contributed by atoms with Gasteiger partial charge in [-0.3, -0.25) is 9.59 Å². The minimum Gasteiger partial charge on any atom is -0.372 e. The summed E-state index contributed by atoms with van der Waals surface area (Å²) in [6, 6.07) is 14.0. The van der Waals surface area contributed by atoms with Crippen molar-refractivity contribution < 1.29 is 18.7 Å². The summed E-state index contributed by atoms with van der Waals surface area (Å²) in [4.78, 5) is 27.8. The molecule has 3 rings (SSSR count). The van der Waals surface area contributed by atoms with Crippen LogP contribution in [0.4, 0.5) is 10.1 Å². The lowest BCUT2D eigenvalue weighted by molar-refractivity contribution is -0.121. The first kappa shape index (κ1) is 31.3. The van der Waals surface area contributed by atoms with E-state index in [1.165, 1.54) is 24.7 Å². The molecule has 1 aliphatic rings. The summed E-state index contributed by atoms with van der Waals surface area (Å²) < 4.78 is 19.7. The normalized spacial score (nSPS) is 18.8. The fraction of sp³-hybridized carbons (Fsp3) is 0.500. The summed E-state index contributed by atoms with van der Waals surface area (Å²) in [6.45, 7) is 12.7. The number of amides is 2. The topological polar surface area (TPSA) is 82.7 Å². The predicted molar refractivity (Wildman–Crippen MR) is 158 cm³/mol. The average molecular weight is 553 g/mol. The van der Waals surface area contributed by atoms with Gasteiger partial charge in [-0.15, -0.1) is 0 Å². The van der Waals surface area contributed by atoms with Crippen LogP contribution in [0.5, 0.6) is 0 Å². The van der Waals surface area contributed by atoms with E-state index in [-0.39, 0.29) is 35.8 Å². The standard InChI is InChI=1S/C32H45FN4O3/c1-6-28(7-2)40-30-19-25(32(39)35-21-23-10-14-26(33)15-11-23)18-29(31(30)36-22(5)38)34-20-24-12-16-27(17-13-24)37(8-3)9-4/h10-17,19,28-31,34H,6-9,18,20-21H2,1-5H3,(H,35,39)(H,36,38)/t29-,30+,31+/m0/s1. The van der Waals surface area contributed by atoms with Crippen LogP contribution in [0.15, 0.2) is 60.2 Å². The van der Waals surface area contributed by atoms with E-state index >= 15 is 0 Å². The van der Waals surface area contributed by atoms with Crippen molar-refractivity contribution >= 4 is 17.5 Å². The average Bonchev–Trinajstić information content (AvgIpc) is 2.96. The van der Waals surface area contributed by atoms with Crippen molar-refractivity contribution in [2.75, 3.05) is 18.0 Å². The first-order chi connectivity index (χ1) is 19.3. The molecule has 218 valence electrons. The van der Waals surface area contributed by atoms with Gasteiger partial charge in [0.25, 0.3) is 0 Å². The fourth-order valence-electron chi connectivity index (χ4n) is 5.14. The predicted octanol–water partition coefficient (Wildman–Crippen LogP) is 4.86. The van der Waals surface area contributed by atoms with Gasteiger partial charge in [0.15, 0.2) is 0 Å². The van der Waals surface area contributed by atoms with E-state index in [1.807, 2.05) is 6.08 Å². The molecule has 0 bridgehead atoms. The quantitative estimate of drug-likeness (QED) is 0.312. The lowest BCUT2D eigenvalue weighted by Gasteiger charge is -2.39. The smallest absolute Gasteiger partial charge is 0.247 e. The number of rotatable bonds is 14. The van der Waals surface area contributed by atoms with Crippen molar-refractivity contribution in [2.45, 2.75) is 91.3 Å². The Morgan fingerprint density at radius 2 is 1.55 bits per heavy atom. The molecule has 0 radical (unpaired) electrons. The number of hydrogen-bond acceptors (Lipinski definition) is 5. The number of nitrogens with one attached hydrogen (secondary N) is 3. The minimum atomic E-state index is -0.461. The number of benzene rings is 2. The summed E-state index contributed by atoms with van der Waals surface area (Å²) in [5.74, 6) is -0.651. The van der Waals surface area contributed by atoms with Crippen LogP contribution in [0.3, 0.4) is 0 Å². The number of ether oxygens (including phenoxy) is 1. The molecule has 0 saturated heterocycles. The Balaban J connectivity index is 1.80. The SMILES string of the molecule is CCC(CC)O[C@@H]1C=C(C(=O)NCc2ccc(F)cc2)C[C@H](NCc2ccc(N(CC)CC)cc2)[C@H]1NC(C)=O. The third kappa shape index (κ3) is 8.89. The molecular formula is C32H45FN4O3. The molecule has 1 aliphatic carbocycles. The van der Waals surface area contributed by atoms with Gasteiger partial charge >= 0.3 is 0 Å². The maximum Gasteiger partial charge on any atom is 0.247 e. The fourth-order valence-corrected chi connectivity index (χ4v) is 5.14. The second-order valence-corrected chi connectivity index (χ2v) is 10.3. The van der Waals surface area contributed by atoms with Crippen LogP contribution < -0.4 is 20.9 Å². The molecule has 40 heavy (non-hydrogen) atoms. The first-order valence-electron chi connectivity index (χ1n) is 14.5. The second kappa shape index (κ2) is 15.5. The summed E-state index contributed by atoms with van der Waals surface area (Å²) >= 11 is 0. The van der Waals surface area contributed by atoms with E-state index in [2.05, 4.69) is 72.8 Å². The van der Waals surface area contributed by atoms with Crippen LogP contribution in [0.2, 0.25) is 0 Å². The Kier molecular flexibility index (Phi) is 12.2. The summed E-state index contributed by atoms with van der Waals surface area (Å²) in [5.41, 5.74) is 3.72. The molecule has 0 aromatic heterocycles. The molecule has 7 nitrogen and oxygen atoms in total. The third-order valence-corrected chi connectivity index (χ3v) is 7.51. The third-order valence-electron chi connectivity index (χ3n) is 7.51. The number of nitrogens with zero attached hydrogens (tertiary/aromatic N) is 1. The highest BCUT2D eigenvalue weighted by Gasteiger charge is 2.37. The van der Waals surface area contributed by atoms with Crippen molar-refractivity contribution in [2.24, 2.45) is 0 Å². The maximum atomic E-state index is 13.3. The Labute approximate surface area is 238 Å². The zero-order chi connectivity index (χ0) is 29.1. The zero-order valence-corrected chi connectivity index (χ0v) is 24.5. The van der Waals surface area contributed by atoms with Gasteiger partial charge in [-0.25, -0.2) is 4.39 Å². The van der Waals surface area contributed by atoms with Crippen molar-refractivity contribution in [3.8, 4) is 0 Å². The van der Waals surface area contributed by atoms with E-state index in [4.69, 9.17) is 4.74 Å². The molecule has 0 spiro atoms. The molecular weight excluding hydrogens is 507 g/mol. The molecule has 8 heteroatoms. The molecule has 0 unspecified atom stereocenters. The number of carbonyl (C=O) groups is 2. The molecule has 0 aliphatic heterocycles. The molecule has 2 aromatic rings. The van der Waals surface area contributed by atoms with Crippen molar-refractivity contribution in [1.29, 1.82) is 0 Å². The second-order valence-electron chi connectivity index (χ2n) is 10.3. The molecule has 3 N–H and O–H groups in total. The van der Waals surface area contributed by atoms with Crippen LogP contribution in [0.1, 0.15) is 65.0 Å². The van der Waals surface area contributed by atoms with Gasteiger partial charge in [-0.2, -0.15) is 0 Å². The van der Waals surface area contributed by atoms with Crippen LogP contribution >= 0.6 is 0 Å². The lowest BCUT2D eigenvalue weighted by Crippen LogP contribution is -2.58. The summed E-state index contributed by atoms with van der Waals surface area (Å²) in [5, 5.41) is 9.65. The summed E-state index contributed by atoms with van der Waals surface area (Å²) in [7, 11) is 0. The largest absolute Gasteiger partial charge is 0.372 e. The Morgan fingerprint density at radius 1 is 0.950 bits per heavy atom. The van der Waals surface area contributed by atoms with Gasteiger partial charge in [-0.1, -0.05) is 38.1 Å². The molecule has 3 atom stereocenters. The summed E-state index contributed by atoms with van der Waals surface area (Å²) in [6.07, 6.45) is 3.49. The van der Waals surface area contributed by atoms with E-state index in [0.29, 0.717) is 25.1 Å². The van der Waals surface area contributed by atoms with E-state index in [9.17, 15) is 14.0 Å². The lowest BCUT2D eigenvalue weighted by atomic mass is 9.86. The molecule has 2 aromatic carbocycles.